The Morgan fingerprint density at radius 3 is 2.39 bits per heavy atom. The fourth-order valence-corrected chi connectivity index (χ4v) is 6.95. The van der Waals surface area contributed by atoms with Crippen LogP contribution in [0.25, 0.3) is 22.2 Å². The van der Waals surface area contributed by atoms with E-state index in [4.69, 9.17) is 9.72 Å². The van der Waals surface area contributed by atoms with Crippen LogP contribution in [0.4, 0.5) is 16.2 Å². The van der Waals surface area contributed by atoms with Crippen molar-refractivity contribution in [3.63, 3.8) is 0 Å². The highest BCUT2D eigenvalue weighted by Gasteiger charge is 2.25. The summed E-state index contributed by atoms with van der Waals surface area (Å²) < 4.78 is 9.69. The maximum atomic E-state index is 14.6. The first kappa shape index (κ1) is 33.9. The van der Waals surface area contributed by atoms with Gasteiger partial charge in [0, 0.05) is 42.3 Å². The zero-order valence-electron chi connectivity index (χ0n) is 29.0. The molecule has 10 heteroatoms. The summed E-state index contributed by atoms with van der Waals surface area (Å²) in [5, 5.41) is 11.1. The van der Waals surface area contributed by atoms with Crippen molar-refractivity contribution < 1.29 is 9.53 Å². The number of amides is 2. The molecule has 3 aromatic heterocycles. The van der Waals surface area contributed by atoms with Gasteiger partial charge in [-0.2, -0.15) is 5.10 Å². The smallest absolute Gasteiger partial charge is 0.323 e. The molecule has 0 radical (unpaired) electrons. The number of pyridine rings is 2. The molecule has 2 N–H and O–H groups in total. The Morgan fingerprint density at radius 2 is 1.67 bits per heavy atom. The number of hydrogen-bond donors (Lipinski definition) is 2. The van der Waals surface area contributed by atoms with Crippen LogP contribution >= 0.6 is 0 Å². The van der Waals surface area contributed by atoms with E-state index in [2.05, 4.69) is 48.4 Å². The Balaban J connectivity index is 1.40. The van der Waals surface area contributed by atoms with E-state index in [0.29, 0.717) is 42.6 Å². The maximum Gasteiger partial charge on any atom is 0.323 e. The van der Waals surface area contributed by atoms with Gasteiger partial charge in [0.1, 0.15) is 29.7 Å². The van der Waals surface area contributed by atoms with Crippen LogP contribution in [0.3, 0.4) is 0 Å². The number of fused-ring (bicyclic) bond motifs is 1. The van der Waals surface area contributed by atoms with E-state index in [9.17, 15) is 9.59 Å². The predicted molar refractivity (Wildman–Crippen MR) is 195 cm³/mol. The van der Waals surface area contributed by atoms with Gasteiger partial charge in [-0.25, -0.2) is 14.8 Å². The quantitative estimate of drug-likeness (QED) is 0.129. The van der Waals surface area contributed by atoms with E-state index < -0.39 is 6.03 Å². The van der Waals surface area contributed by atoms with Crippen LogP contribution in [0.15, 0.2) is 78.2 Å². The molecule has 6 rings (SSSR count). The predicted octanol–water partition coefficient (Wildman–Crippen LogP) is 8.60. The van der Waals surface area contributed by atoms with Crippen molar-refractivity contribution in [2.45, 2.75) is 91.1 Å². The molecule has 1 aliphatic carbocycles. The van der Waals surface area contributed by atoms with Gasteiger partial charge in [0.25, 0.3) is 5.56 Å². The van der Waals surface area contributed by atoms with Gasteiger partial charge in [-0.05, 0) is 71.6 Å². The topological polar surface area (TPSA) is 116 Å². The average molecular weight is 662 g/mol. The van der Waals surface area contributed by atoms with E-state index in [1.807, 2.05) is 54.6 Å². The number of nitrogens with one attached hydrogen (secondary N) is 2. The summed E-state index contributed by atoms with van der Waals surface area (Å²) in [6, 6.07) is 17.2. The normalized spacial score (nSPS) is 13.7. The highest BCUT2D eigenvalue weighted by molar-refractivity contribution is 6.07. The second-order valence-corrected chi connectivity index (χ2v) is 13.6. The van der Waals surface area contributed by atoms with Gasteiger partial charge in [0.2, 0.25) is 0 Å². The molecule has 49 heavy (non-hydrogen) atoms. The minimum atomic E-state index is -0.457. The first-order valence-corrected chi connectivity index (χ1v) is 17.6. The molecule has 0 atom stereocenters. The summed E-state index contributed by atoms with van der Waals surface area (Å²) in [6.07, 6.45) is 11.4. The van der Waals surface area contributed by atoms with Crippen LogP contribution in [-0.4, -0.2) is 37.0 Å². The molecule has 2 aromatic carbocycles. The summed E-state index contributed by atoms with van der Waals surface area (Å²) in [5.41, 5.74) is 4.85. The van der Waals surface area contributed by atoms with Crippen LogP contribution < -0.4 is 20.9 Å². The lowest BCUT2D eigenvalue weighted by Crippen LogP contribution is -2.32. The van der Waals surface area contributed by atoms with Gasteiger partial charge in [-0.15, -0.1) is 0 Å². The molecule has 0 saturated heterocycles. The zero-order chi connectivity index (χ0) is 34.3. The van der Waals surface area contributed by atoms with Crippen LogP contribution in [-0.2, 0) is 13.1 Å². The van der Waals surface area contributed by atoms with Crippen LogP contribution in [0, 0.1) is 5.92 Å². The number of carbonyl (C=O) groups excluding carboxylic acids is 1. The Labute approximate surface area is 287 Å². The standard InChI is InChI=1S/C39H47N7O3/c1-26(2)31-16-9-17-32(27(3)4)35(31)43-39(48)44-36-34(29-14-8-15-30(22-29)49-21-11-20-45-25-40-24-42-45)33-18-10-19-41-37(33)46(38(36)47)23-28-12-6-5-7-13-28/h8-10,14-19,22,24-28H,5-7,11-13,20-21,23H2,1-4H3,(H2,43,44,48). The van der Waals surface area contributed by atoms with Crippen molar-refractivity contribution in [2.24, 2.45) is 5.92 Å². The molecule has 0 bridgehead atoms. The van der Waals surface area contributed by atoms with Crippen molar-refractivity contribution in [3.05, 3.63) is 94.9 Å². The van der Waals surface area contributed by atoms with E-state index in [1.165, 1.54) is 12.7 Å². The number of aryl methyl sites for hydroxylation is 1. The summed E-state index contributed by atoms with van der Waals surface area (Å²) in [4.78, 5) is 37.4. The van der Waals surface area contributed by atoms with Crippen molar-refractivity contribution in [1.29, 1.82) is 0 Å². The number of ether oxygens (including phenoxy) is 1. The zero-order valence-corrected chi connectivity index (χ0v) is 29.0. The number of aromatic nitrogens is 5. The number of hydrogen-bond acceptors (Lipinski definition) is 6. The molecule has 10 nitrogen and oxygen atoms in total. The van der Waals surface area contributed by atoms with Crippen molar-refractivity contribution in [3.8, 4) is 16.9 Å². The third-order valence-electron chi connectivity index (χ3n) is 9.43. The molecule has 3 heterocycles. The number of para-hydroxylation sites is 1. The Bertz CT molecular complexity index is 1920. The van der Waals surface area contributed by atoms with Crippen molar-refractivity contribution in [2.75, 3.05) is 17.2 Å². The molecule has 2 amide bonds. The first-order valence-electron chi connectivity index (χ1n) is 17.6. The number of rotatable bonds is 12. The van der Waals surface area contributed by atoms with E-state index >= 15 is 0 Å². The fraction of sp³-hybridized carbons (Fsp3) is 0.410. The molecule has 256 valence electrons. The van der Waals surface area contributed by atoms with Gasteiger partial charge >= 0.3 is 6.03 Å². The van der Waals surface area contributed by atoms with Crippen molar-refractivity contribution in [1.82, 2.24) is 24.3 Å². The molecule has 0 spiro atoms. The molecule has 1 saturated carbocycles. The highest BCUT2D eigenvalue weighted by Crippen LogP contribution is 2.37. The van der Waals surface area contributed by atoms with Gasteiger partial charge in [-0.1, -0.05) is 77.3 Å². The van der Waals surface area contributed by atoms with Crippen LogP contribution in [0.1, 0.15) is 89.2 Å². The molecular weight excluding hydrogens is 614 g/mol. The maximum absolute atomic E-state index is 14.6. The molecule has 0 aliphatic heterocycles. The third kappa shape index (κ3) is 7.85. The van der Waals surface area contributed by atoms with Gasteiger partial charge in [0.15, 0.2) is 0 Å². The lowest BCUT2D eigenvalue weighted by molar-refractivity contribution is 0.262. The van der Waals surface area contributed by atoms with Crippen LogP contribution in [0.5, 0.6) is 5.75 Å². The Kier molecular flexibility index (Phi) is 10.7. The monoisotopic (exact) mass is 661 g/mol. The van der Waals surface area contributed by atoms with Gasteiger partial charge < -0.3 is 15.4 Å². The minimum Gasteiger partial charge on any atom is -0.494 e. The summed E-state index contributed by atoms with van der Waals surface area (Å²) in [5.74, 6) is 1.44. The largest absolute Gasteiger partial charge is 0.494 e. The SMILES string of the molecule is CC(C)c1cccc(C(C)C)c1NC(=O)Nc1c(-c2cccc(OCCCn3cncn3)c2)c2cccnc2n(CC2CCCCC2)c1=O. The second-order valence-electron chi connectivity index (χ2n) is 13.6. The Hall–Kier alpha value is -4.99. The third-order valence-corrected chi connectivity index (χ3v) is 9.43. The number of urea groups is 1. The molecule has 1 aliphatic rings. The lowest BCUT2D eigenvalue weighted by Gasteiger charge is -2.25. The lowest BCUT2D eigenvalue weighted by atomic mass is 9.89. The summed E-state index contributed by atoms with van der Waals surface area (Å²) in [6.45, 7) is 10.2. The summed E-state index contributed by atoms with van der Waals surface area (Å²) in [7, 11) is 0. The van der Waals surface area contributed by atoms with Crippen LogP contribution in [0.2, 0.25) is 0 Å². The Morgan fingerprint density at radius 1 is 0.939 bits per heavy atom. The first-order chi connectivity index (χ1) is 23.8. The van der Waals surface area contributed by atoms with E-state index in [-0.39, 0.29) is 23.1 Å². The van der Waals surface area contributed by atoms with Crippen molar-refractivity contribution >= 4 is 28.4 Å². The number of anilines is 2. The average Bonchev–Trinajstić information content (AvgIpc) is 3.63. The van der Waals surface area contributed by atoms with E-state index in [0.717, 1.165) is 59.9 Å². The van der Waals surface area contributed by atoms with Gasteiger partial charge in [0.05, 0.1) is 6.61 Å². The number of carbonyl (C=O) groups is 1. The number of benzene rings is 2. The molecular formula is C39H47N7O3. The number of nitrogens with zero attached hydrogens (tertiary/aromatic N) is 5. The molecule has 5 aromatic rings. The van der Waals surface area contributed by atoms with E-state index in [1.54, 1.807) is 21.8 Å². The molecule has 1 fully saturated rings. The highest BCUT2D eigenvalue weighted by atomic mass is 16.5. The fourth-order valence-electron chi connectivity index (χ4n) is 6.95. The van der Waals surface area contributed by atoms with Gasteiger partial charge in [-0.3, -0.25) is 14.0 Å². The summed E-state index contributed by atoms with van der Waals surface area (Å²) >= 11 is 0. The minimum absolute atomic E-state index is 0.197. The second kappa shape index (κ2) is 15.5. The molecule has 0 unspecified atom stereocenters.